The number of guanidine groups is 1. The Morgan fingerprint density at radius 1 is 1.48 bits per heavy atom. The molecule has 0 aliphatic rings. The molecule has 0 aromatic carbocycles. The summed E-state index contributed by atoms with van der Waals surface area (Å²) in [5.41, 5.74) is 7.49. The lowest BCUT2D eigenvalue weighted by Gasteiger charge is -2.21. The lowest BCUT2D eigenvalue weighted by Crippen LogP contribution is -2.48. The zero-order valence-corrected chi connectivity index (χ0v) is 12.9. The van der Waals surface area contributed by atoms with Crippen LogP contribution in [0.4, 0.5) is 4.79 Å². The van der Waals surface area contributed by atoms with Crippen molar-refractivity contribution in [1.82, 2.24) is 15.2 Å². The third kappa shape index (κ3) is 5.81. The molecular weight excluding hydrogens is 266 g/mol. The van der Waals surface area contributed by atoms with E-state index in [1.54, 1.807) is 6.20 Å². The monoisotopic (exact) mass is 291 g/mol. The van der Waals surface area contributed by atoms with E-state index in [1.165, 1.54) is 4.90 Å². The third-order valence-electron chi connectivity index (χ3n) is 3.28. The molecule has 1 aromatic rings. The molecule has 6 heteroatoms. The summed E-state index contributed by atoms with van der Waals surface area (Å²) in [6.45, 7) is 5.05. The summed E-state index contributed by atoms with van der Waals surface area (Å²) in [6.07, 6.45) is 5.42. The van der Waals surface area contributed by atoms with E-state index in [-0.39, 0.29) is 12.0 Å². The van der Waals surface area contributed by atoms with Crippen LogP contribution in [-0.4, -0.2) is 35.0 Å². The van der Waals surface area contributed by atoms with Gasteiger partial charge in [-0.1, -0.05) is 25.8 Å². The van der Waals surface area contributed by atoms with E-state index in [4.69, 9.17) is 11.1 Å². The van der Waals surface area contributed by atoms with Crippen LogP contribution in [0.1, 0.15) is 37.4 Å². The summed E-state index contributed by atoms with van der Waals surface area (Å²) in [6, 6.07) is 3.54. The van der Waals surface area contributed by atoms with Crippen LogP contribution in [-0.2, 0) is 6.42 Å². The predicted octanol–water partition coefficient (Wildman–Crippen LogP) is 2.03. The number of nitrogens with zero attached hydrogens (tertiary/aromatic N) is 2. The molecule has 116 valence electrons. The van der Waals surface area contributed by atoms with Gasteiger partial charge in [0.15, 0.2) is 5.96 Å². The first kappa shape index (κ1) is 16.9. The standard InChI is InChI=1S/C15H25N5O/c1-3-4-5-9-19-15(21)20(14(16)17)11-8-13-12(2)7-6-10-18-13/h6-7,10H,3-5,8-9,11H2,1-2H3,(H3,16,17)(H,19,21). The molecule has 0 radical (unpaired) electrons. The fourth-order valence-corrected chi connectivity index (χ4v) is 1.99. The number of nitrogens with one attached hydrogen (secondary N) is 2. The van der Waals surface area contributed by atoms with Gasteiger partial charge in [-0.2, -0.15) is 0 Å². The van der Waals surface area contributed by atoms with Gasteiger partial charge in [0.25, 0.3) is 0 Å². The molecule has 4 N–H and O–H groups in total. The minimum Gasteiger partial charge on any atom is -0.370 e. The molecule has 1 heterocycles. The molecular formula is C15H25N5O. The smallest absolute Gasteiger partial charge is 0.324 e. The SMILES string of the molecule is CCCCCNC(=O)N(CCc1ncccc1C)C(=N)N. The second kappa shape index (κ2) is 8.94. The molecule has 0 saturated carbocycles. The molecule has 21 heavy (non-hydrogen) atoms. The van der Waals surface area contributed by atoms with Gasteiger partial charge in [-0.15, -0.1) is 0 Å². The summed E-state index contributed by atoms with van der Waals surface area (Å²) in [7, 11) is 0. The topological polar surface area (TPSA) is 95.1 Å². The Bertz CT molecular complexity index is 475. The van der Waals surface area contributed by atoms with Crippen molar-refractivity contribution >= 4 is 12.0 Å². The second-order valence-corrected chi connectivity index (χ2v) is 4.99. The maximum atomic E-state index is 12.0. The van der Waals surface area contributed by atoms with Crippen LogP contribution in [0.3, 0.4) is 0 Å². The predicted molar refractivity (Wildman–Crippen MR) is 84.2 cm³/mol. The number of carbonyl (C=O) groups is 1. The van der Waals surface area contributed by atoms with Crippen LogP contribution in [0.5, 0.6) is 0 Å². The van der Waals surface area contributed by atoms with Gasteiger partial charge in [-0.3, -0.25) is 15.3 Å². The van der Waals surface area contributed by atoms with Gasteiger partial charge in [0.05, 0.1) is 0 Å². The quantitative estimate of drug-likeness (QED) is 0.407. The molecule has 0 spiro atoms. The van der Waals surface area contributed by atoms with Crippen LogP contribution in [0.2, 0.25) is 0 Å². The third-order valence-corrected chi connectivity index (χ3v) is 3.28. The summed E-state index contributed by atoms with van der Waals surface area (Å²) >= 11 is 0. The molecule has 0 fully saturated rings. The largest absolute Gasteiger partial charge is 0.370 e. The molecule has 0 aliphatic heterocycles. The summed E-state index contributed by atoms with van der Waals surface area (Å²) in [4.78, 5) is 17.6. The Hall–Kier alpha value is -2.11. The van der Waals surface area contributed by atoms with Gasteiger partial charge >= 0.3 is 6.03 Å². The van der Waals surface area contributed by atoms with Crippen LogP contribution in [0.25, 0.3) is 0 Å². The van der Waals surface area contributed by atoms with E-state index in [1.807, 2.05) is 19.1 Å². The van der Waals surface area contributed by atoms with Crippen molar-refractivity contribution in [2.45, 2.75) is 39.5 Å². The number of aryl methyl sites for hydroxylation is 1. The van der Waals surface area contributed by atoms with Crippen molar-refractivity contribution in [3.05, 3.63) is 29.6 Å². The average Bonchev–Trinajstić information content (AvgIpc) is 2.45. The molecule has 2 amide bonds. The van der Waals surface area contributed by atoms with Gasteiger partial charge in [-0.05, 0) is 25.0 Å². The Kier molecular flexibility index (Phi) is 7.21. The number of unbranched alkanes of at least 4 members (excludes halogenated alkanes) is 2. The minimum absolute atomic E-state index is 0.239. The highest BCUT2D eigenvalue weighted by Crippen LogP contribution is 2.05. The number of rotatable bonds is 7. The first-order valence-electron chi connectivity index (χ1n) is 7.36. The van der Waals surface area contributed by atoms with Crippen molar-refractivity contribution < 1.29 is 4.79 Å². The van der Waals surface area contributed by atoms with Gasteiger partial charge in [-0.25, -0.2) is 4.79 Å². The number of urea groups is 1. The Morgan fingerprint density at radius 3 is 2.86 bits per heavy atom. The van der Waals surface area contributed by atoms with Crippen LogP contribution >= 0.6 is 0 Å². The van der Waals surface area contributed by atoms with Crippen molar-refractivity contribution in [3.63, 3.8) is 0 Å². The van der Waals surface area contributed by atoms with Crippen molar-refractivity contribution in [3.8, 4) is 0 Å². The highest BCUT2D eigenvalue weighted by Gasteiger charge is 2.16. The normalized spacial score (nSPS) is 10.2. The van der Waals surface area contributed by atoms with E-state index in [0.29, 0.717) is 19.5 Å². The van der Waals surface area contributed by atoms with Gasteiger partial charge in [0, 0.05) is 31.4 Å². The van der Waals surface area contributed by atoms with Gasteiger partial charge in [0.2, 0.25) is 0 Å². The molecule has 0 atom stereocenters. The van der Waals surface area contributed by atoms with Gasteiger partial charge in [0.1, 0.15) is 0 Å². The molecule has 6 nitrogen and oxygen atoms in total. The fourth-order valence-electron chi connectivity index (χ4n) is 1.99. The van der Waals surface area contributed by atoms with Crippen molar-refractivity contribution in [1.29, 1.82) is 5.41 Å². The maximum Gasteiger partial charge on any atom is 0.324 e. The van der Waals surface area contributed by atoms with Crippen LogP contribution in [0, 0.1) is 12.3 Å². The zero-order chi connectivity index (χ0) is 15.7. The number of hydrogen-bond acceptors (Lipinski definition) is 3. The highest BCUT2D eigenvalue weighted by molar-refractivity contribution is 5.93. The zero-order valence-electron chi connectivity index (χ0n) is 12.9. The molecule has 0 saturated heterocycles. The minimum atomic E-state index is -0.313. The lowest BCUT2D eigenvalue weighted by molar-refractivity contribution is 0.220. The first-order valence-corrected chi connectivity index (χ1v) is 7.36. The number of hydrogen-bond donors (Lipinski definition) is 3. The lowest BCUT2D eigenvalue weighted by atomic mass is 10.1. The van der Waals surface area contributed by atoms with Crippen LogP contribution in [0.15, 0.2) is 18.3 Å². The van der Waals surface area contributed by atoms with E-state index < -0.39 is 0 Å². The van der Waals surface area contributed by atoms with E-state index in [0.717, 1.165) is 30.5 Å². The molecule has 1 aromatic heterocycles. The van der Waals surface area contributed by atoms with Crippen molar-refractivity contribution in [2.75, 3.05) is 13.1 Å². The van der Waals surface area contributed by atoms with Crippen molar-refractivity contribution in [2.24, 2.45) is 5.73 Å². The molecule has 0 unspecified atom stereocenters. The van der Waals surface area contributed by atoms with E-state index in [9.17, 15) is 4.79 Å². The molecule has 1 rings (SSSR count). The Labute approximate surface area is 126 Å². The average molecular weight is 291 g/mol. The maximum absolute atomic E-state index is 12.0. The van der Waals surface area contributed by atoms with E-state index >= 15 is 0 Å². The fraction of sp³-hybridized carbons (Fsp3) is 0.533. The molecule has 0 aliphatic carbocycles. The Balaban J connectivity index is 2.52. The number of pyridine rings is 1. The number of amides is 2. The summed E-state index contributed by atoms with van der Waals surface area (Å²) < 4.78 is 0. The Morgan fingerprint density at radius 2 is 2.24 bits per heavy atom. The first-order chi connectivity index (χ1) is 10.1. The van der Waals surface area contributed by atoms with Crippen LogP contribution < -0.4 is 11.1 Å². The summed E-state index contributed by atoms with van der Waals surface area (Å²) in [5.74, 6) is -0.239. The van der Waals surface area contributed by atoms with Gasteiger partial charge < -0.3 is 11.1 Å². The second-order valence-electron chi connectivity index (χ2n) is 4.99. The number of aromatic nitrogens is 1. The van der Waals surface area contributed by atoms with E-state index in [2.05, 4.69) is 17.2 Å². The highest BCUT2D eigenvalue weighted by atomic mass is 16.2. The number of carbonyl (C=O) groups excluding carboxylic acids is 1. The molecule has 0 bridgehead atoms. The summed E-state index contributed by atoms with van der Waals surface area (Å²) in [5, 5.41) is 10.3. The number of nitrogens with two attached hydrogens (primary N) is 1.